The third-order valence-electron chi connectivity index (χ3n) is 1.54. The second-order valence-electron chi connectivity index (χ2n) is 2.72. The number of rotatable bonds is 4. The maximum absolute atomic E-state index is 10.8. The minimum absolute atomic E-state index is 0. The number of carbonyl (C=O) groups excluding carboxylic acids is 1. The average molecular weight is 221 g/mol. The molecule has 0 aliphatic heterocycles. The molecule has 1 aromatic rings. The van der Waals surface area contributed by atoms with E-state index in [1.165, 1.54) is 0 Å². The summed E-state index contributed by atoms with van der Waals surface area (Å²) >= 11 is 0. The first-order valence-corrected chi connectivity index (χ1v) is 4.10. The number of carboxylic acids is 1. The lowest BCUT2D eigenvalue weighted by atomic mass is 10.2. The molecule has 1 aromatic carbocycles. The molecule has 0 aliphatic carbocycles. The Kier molecular flexibility index (Phi) is 6.73. The summed E-state index contributed by atoms with van der Waals surface area (Å²) in [5.41, 5.74) is 0.839. The van der Waals surface area contributed by atoms with Gasteiger partial charge in [0.05, 0.1) is 0 Å². The van der Waals surface area contributed by atoms with Crippen LogP contribution in [0.3, 0.4) is 0 Å². The summed E-state index contributed by atoms with van der Waals surface area (Å²) in [5, 5.41) is 8.28. The van der Waals surface area contributed by atoms with Crippen molar-refractivity contribution < 1.29 is 19.4 Å². The van der Waals surface area contributed by atoms with Crippen molar-refractivity contribution in [1.29, 1.82) is 0 Å². The molecule has 5 heteroatoms. The van der Waals surface area contributed by atoms with Crippen LogP contribution in [0.5, 0.6) is 0 Å². The van der Waals surface area contributed by atoms with Crippen molar-refractivity contribution in [2.75, 3.05) is 0 Å². The molecule has 0 saturated carbocycles. The first-order valence-electron chi connectivity index (χ1n) is 4.10. The average Bonchev–Trinajstić information content (AvgIpc) is 2.15. The molecular weight excluding hydrogens is 208 g/mol. The van der Waals surface area contributed by atoms with E-state index in [0.29, 0.717) is 0 Å². The fourth-order valence-corrected chi connectivity index (χ4v) is 0.913. The van der Waals surface area contributed by atoms with Crippen LogP contribution < -0.4 is 0 Å². The summed E-state index contributed by atoms with van der Waals surface area (Å²) in [5.74, 6) is -1.90. The Morgan fingerprint density at radius 2 is 1.80 bits per heavy atom. The van der Waals surface area contributed by atoms with Gasteiger partial charge in [-0.15, -0.1) is 0 Å². The molecule has 0 bridgehead atoms. The Bertz CT molecular complexity index is 323. The lowest BCUT2D eigenvalue weighted by Crippen LogP contribution is -2.10. The van der Waals surface area contributed by atoms with Gasteiger partial charge in [0.25, 0.3) is 0 Å². The zero-order valence-corrected chi connectivity index (χ0v) is 7.47. The third kappa shape index (κ3) is 6.08. The van der Waals surface area contributed by atoms with Crippen molar-refractivity contribution in [3.8, 4) is 0 Å². The molecule has 0 radical (unpaired) electrons. The van der Waals surface area contributed by atoms with Crippen molar-refractivity contribution in [2.45, 2.75) is 13.0 Å². The van der Waals surface area contributed by atoms with Gasteiger partial charge in [-0.3, -0.25) is 9.59 Å². The molecule has 0 unspecified atom stereocenters. The smallest absolute Gasteiger partial charge is 0.317 e. The minimum atomic E-state index is -1.18. The van der Waals surface area contributed by atoms with E-state index in [4.69, 9.17) is 9.84 Å². The van der Waals surface area contributed by atoms with Crippen LogP contribution in [0.1, 0.15) is 12.0 Å². The highest BCUT2D eigenvalue weighted by Crippen LogP contribution is 2.01. The number of aliphatic carboxylic acids is 1. The van der Waals surface area contributed by atoms with Gasteiger partial charge < -0.3 is 9.84 Å². The van der Waals surface area contributed by atoms with Gasteiger partial charge in [-0.1, -0.05) is 30.3 Å². The summed E-state index contributed by atoms with van der Waals surface area (Å²) in [4.78, 5) is 20.9. The van der Waals surface area contributed by atoms with Crippen LogP contribution >= 0.6 is 0 Å². The molecule has 78 valence electrons. The van der Waals surface area contributed by atoms with Gasteiger partial charge in [-0.05, 0) is 5.56 Å². The van der Waals surface area contributed by atoms with Crippen molar-refractivity contribution in [2.24, 2.45) is 0 Å². The second-order valence-corrected chi connectivity index (χ2v) is 2.72. The second kappa shape index (κ2) is 7.25. The van der Waals surface area contributed by atoms with Gasteiger partial charge in [0.15, 0.2) is 0 Å². The van der Waals surface area contributed by atoms with E-state index in [2.05, 4.69) is 0 Å². The lowest BCUT2D eigenvalue weighted by molar-refractivity contribution is -0.152. The summed E-state index contributed by atoms with van der Waals surface area (Å²) in [6, 6.07) is 9.09. The molecule has 0 heterocycles. The Balaban J connectivity index is 0.00000196. The number of carbonyl (C=O) groups is 2. The van der Waals surface area contributed by atoms with E-state index in [1.54, 1.807) is 12.1 Å². The number of benzene rings is 1. The third-order valence-corrected chi connectivity index (χ3v) is 1.54. The van der Waals surface area contributed by atoms with E-state index in [-0.39, 0.29) is 29.7 Å². The maximum atomic E-state index is 10.8. The van der Waals surface area contributed by atoms with Crippen molar-refractivity contribution in [1.82, 2.24) is 0 Å². The highest BCUT2D eigenvalue weighted by atomic mass is 24.3. The molecule has 0 atom stereocenters. The molecular formula is C10H12MgO4. The Morgan fingerprint density at radius 1 is 1.20 bits per heavy atom. The van der Waals surface area contributed by atoms with Crippen molar-refractivity contribution in [3.05, 3.63) is 35.9 Å². The molecule has 1 N–H and O–H groups in total. The number of carboxylic acid groups (broad SMARTS) is 1. The van der Waals surface area contributed by atoms with Gasteiger partial charge in [-0.2, -0.15) is 0 Å². The standard InChI is InChI=1S/C10H10O4.Mg.2H/c11-9(12)6-10(13)14-7-8-4-2-1-3-5-8;;;/h1-5H,6-7H2,(H,11,12);;;. The van der Waals surface area contributed by atoms with Gasteiger partial charge >= 0.3 is 35.0 Å². The van der Waals surface area contributed by atoms with Crippen LogP contribution in [0.25, 0.3) is 0 Å². The SMILES string of the molecule is O=C(O)CC(=O)OCc1ccccc1.[MgH2]. The predicted octanol–water partition coefficient (Wildman–Crippen LogP) is 0.288. The monoisotopic (exact) mass is 220 g/mol. The maximum Gasteiger partial charge on any atom is 0.317 e. The van der Waals surface area contributed by atoms with Crippen LogP contribution in [0.2, 0.25) is 0 Å². The molecule has 0 aromatic heterocycles. The number of esters is 1. The fourth-order valence-electron chi connectivity index (χ4n) is 0.913. The normalized spacial score (nSPS) is 8.80. The Hall–Kier alpha value is -1.07. The van der Waals surface area contributed by atoms with E-state index in [9.17, 15) is 9.59 Å². The molecule has 0 spiro atoms. The molecule has 0 saturated heterocycles. The van der Waals surface area contributed by atoms with E-state index in [0.717, 1.165) is 5.56 Å². The molecule has 0 fully saturated rings. The zero-order chi connectivity index (χ0) is 10.4. The zero-order valence-electron chi connectivity index (χ0n) is 7.47. The minimum Gasteiger partial charge on any atom is -0.481 e. The highest BCUT2D eigenvalue weighted by Gasteiger charge is 2.08. The van der Waals surface area contributed by atoms with Crippen LogP contribution in [-0.4, -0.2) is 40.1 Å². The summed E-state index contributed by atoms with van der Waals surface area (Å²) in [6.45, 7) is 0.118. The van der Waals surface area contributed by atoms with E-state index >= 15 is 0 Å². The topological polar surface area (TPSA) is 63.6 Å². The highest BCUT2D eigenvalue weighted by molar-refractivity contribution is 5.90. The Morgan fingerprint density at radius 3 is 2.33 bits per heavy atom. The van der Waals surface area contributed by atoms with Gasteiger partial charge in [0.2, 0.25) is 0 Å². The van der Waals surface area contributed by atoms with Crippen molar-refractivity contribution >= 4 is 35.0 Å². The Labute approximate surface area is 103 Å². The van der Waals surface area contributed by atoms with Gasteiger partial charge in [-0.25, -0.2) is 0 Å². The molecule has 0 aliphatic rings. The van der Waals surface area contributed by atoms with Crippen molar-refractivity contribution in [3.63, 3.8) is 0 Å². The quantitative estimate of drug-likeness (QED) is 0.450. The van der Waals surface area contributed by atoms with E-state index < -0.39 is 18.4 Å². The van der Waals surface area contributed by atoms with Crippen LogP contribution in [0.15, 0.2) is 30.3 Å². The number of ether oxygens (including phenoxy) is 1. The number of hydrogen-bond donors (Lipinski definition) is 1. The lowest BCUT2D eigenvalue weighted by Gasteiger charge is -2.02. The first-order chi connectivity index (χ1) is 6.68. The molecule has 15 heavy (non-hydrogen) atoms. The molecule has 1 rings (SSSR count). The van der Waals surface area contributed by atoms with Gasteiger partial charge in [0.1, 0.15) is 13.0 Å². The summed E-state index contributed by atoms with van der Waals surface area (Å²) in [7, 11) is 0. The fraction of sp³-hybridized carbons (Fsp3) is 0.200. The van der Waals surface area contributed by atoms with Crippen LogP contribution in [-0.2, 0) is 20.9 Å². The molecule has 4 nitrogen and oxygen atoms in total. The van der Waals surface area contributed by atoms with E-state index in [1.807, 2.05) is 18.2 Å². The van der Waals surface area contributed by atoms with Crippen LogP contribution in [0, 0.1) is 0 Å². The molecule has 0 amide bonds. The largest absolute Gasteiger partial charge is 0.481 e. The van der Waals surface area contributed by atoms with Gasteiger partial charge in [0, 0.05) is 0 Å². The van der Waals surface area contributed by atoms with Crippen LogP contribution in [0.4, 0.5) is 0 Å². The first kappa shape index (κ1) is 13.9. The summed E-state index contributed by atoms with van der Waals surface area (Å²) < 4.78 is 4.72. The predicted molar refractivity (Wildman–Crippen MR) is 57.0 cm³/mol. The summed E-state index contributed by atoms with van der Waals surface area (Å²) in [6.07, 6.45) is -0.590. The number of hydrogen-bond acceptors (Lipinski definition) is 3.